The van der Waals surface area contributed by atoms with Gasteiger partial charge in [-0.25, -0.2) is 0 Å². The Hall–Kier alpha value is -2.58. The summed E-state index contributed by atoms with van der Waals surface area (Å²) < 4.78 is 46.1. The van der Waals surface area contributed by atoms with Crippen molar-refractivity contribution in [3.05, 3.63) is 65.2 Å². The second-order valence-electron chi connectivity index (χ2n) is 7.08. The first-order chi connectivity index (χ1) is 13.8. The zero-order chi connectivity index (χ0) is 20.9. The van der Waals surface area contributed by atoms with E-state index < -0.39 is 6.36 Å². The minimum Gasteiger partial charge on any atom is -0.406 e. The van der Waals surface area contributed by atoms with Crippen LogP contribution >= 0.6 is 0 Å². The molecule has 0 saturated carbocycles. The van der Waals surface area contributed by atoms with E-state index in [1.54, 1.807) is 0 Å². The Kier molecular flexibility index (Phi) is 6.76. The summed E-state index contributed by atoms with van der Waals surface area (Å²) in [6, 6.07) is 12.7. The van der Waals surface area contributed by atoms with Gasteiger partial charge < -0.3 is 19.7 Å². The summed E-state index contributed by atoms with van der Waals surface area (Å²) in [6.07, 6.45) is -4.76. The van der Waals surface area contributed by atoms with Gasteiger partial charge in [0.2, 0.25) is 0 Å². The molecule has 29 heavy (non-hydrogen) atoms. The van der Waals surface area contributed by atoms with Crippen LogP contribution in [0.25, 0.3) is 0 Å². The van der Waals surface area contributed by atoms with Gasteiger partial charge in [-0.15, -0.1) is 13.2 Å². The van der Waals surface area contributed by atoms with Crippen LogP contribution in [0.4, 0.5) is 13.2 Å². The average Bonchev–Trinajstić information content (AvgIpc) is 2.68. The van der Waals surface area contributed by atoms with E-state index in [2.05, 4.69) is 10.1 Å². The Balaban J connectivity index is 1.72. The molecule has 1 fully saturated rings. The number of hydrogen-bond acceptors (Lipinski definition) is 3. The third-order valence-corrected chi connectivity index (χ3v) is 4.83. The monoisotopic (exact) mass is 409 g/mol. The van der Waals surface area contributed by atoms with E-state index in [4.69, 9.17) is 4.74 Å². The van der Waals surface area contributed by atoms with Gasteiger partial charge in [-0.05, 0) is 36.8 Å². The van der Waals surface area contributed by atoms with Crippen LogP contribution in [0.1, 0.15) is 27.5 Å². The fourth-order valence-electron chi connectivity index (χ4n) is 3.25. The van der Waals surface area contributed by atoms with Crippen LogP contribution in [-0.4, -0.2) is 45.1 Å². The van der Waals surface area contributed by atoms with Crippen LogP contribution < -0.4 is 15.0 Å². The maximum atomic E-state index is 12.7. The average molecular weight is 409 g/mol. The minimum absolute atomic E-state index is 0.220. The maximum absolute atomic E-state index is 12.7. The number of rotatable bonds is 6. The third-order valence-electron chi connectivity index (χ3n) is 4.83. The molecule has 0 radical (unpaired) electrons. The predicted molar refractivity (Wildman–Crippen MR) is 101 cm³/mol. The van der Waals surface area contributed by atoms with Gasteiger partial charge in [0, 0.05) is 5.56 Å². The van der Waals surface area contributed by atoms with Crippen molar-refractivity contribution in [3.63, 3.8) is 0 Å². The second-order valence-corrected chi connectivity index (χ2v) is 7.08. The number of benzene rings is 2. The van der Waals surface area contributed by atoms with E-state index in [0.717, 1.165) is 36.3 Å². The van der Waals surface area contributed by atoms with Crippen molar-refractivity contribution in [2.75, 3.05) is 32.8 Å². The molecule has 1 saturated heterocycles. The topological polar surface area (TPSA) is 52.0 Å². The van der Waals surface area contributed by atoms with Gasteiger partial charge in [0.15, 0.2) is 0 Å². The number of amides is 1. The lowest BCUT2D eigenvalue weighted by molar-refractivity contribution is -0.909. The number of halogens is 3. The lowest BCUT2D eigenvalue weighted by Crippen LogP contribution is -3.14. The number of quaternary nitrogens is 1. The predicted octanol–water partition coefficient (Wildman–Crippen LogP) is 2.28. The molecule has 1 atom stereocenters. The highest BCUT2D eigenvalue weighted by atomic mass is 19.4. The van der Waals surface area contributed by atoms with Crippen LogP contribution in [0.5, 0.6) is 5.75 Å². The van der Waals surface area contributed by atoms with Crippen molar-refractivity contribution in [1.82, 2.24) is 5.32 Å². The molecule has 0 aliphatic carbocycles. The van der Waals surface area contributed by atoms with Crippen LogP contribution in [-0.2, 0) is 4.74 Å². The van der Waals surface area contributed by atoms with Gasteiger partial charge in [-0.1, -0.05) is 29.8 Å². The second kappa shape index (κ2) is 9.28. The van der Waals surface area contributed by atoms with Crippen molar-refractivity contribution >= 4 is 5.91 Å². The molecule has 2 aromatic rings. The van der Waals surface area contributed by atoms with Gasteiger partial charge in [0.25, 0.3) is 5.91 Å². The summed E-state index contributed by atoms with van der Waals surface area (Å²) in [4.78, 5) is 14.1. The van der Waals surface area contributed by atoms with E-state index in [0.29, 0.717) is 19.8 Å². The van der Waals surface area contributed by atoms with Crippen LogP contribution in [0.2, 0.25) is 0 Å². The highest BCUT2D eigenvalue weighted by molar-refractivity contribution is 5.94. The zero-order valence-electron chi connectivity index (χ0n) is 16.1. The first-order valence-corrected chi connectivity index (χ1v) is 9.45. The summed E-state index contributed by atoms with van der Waals surface area (Å²) in [5.74, 6) is -0.705. The van der Waals surface area contributed by atoms with E-state index in [9.17, 15) is 18.0 Å². The molecule has 1 aliphatic heterocycles. The number of carbonyl (C=O) groups is 1. The SMILES string of the molecule is Cc1ccc([C@@H](C[NH+]2CCOCC2)NC(=O)c2ccc(OC(F)(F)F)cc2)cc1. The quantitative estimate of drug-likeness (QED) is 0.770. The lowest BCUT2D eigenvalue weighted by Gasteiger charge is -2.28. The molecule has 0 bridgehead atoms. The Morgan fingerprint density at radius 1 is 1.10 bits per heavy atom. The van der Waals surface area contributed by atoms with Crippen molar-refractivity contribution in [3.8, 4) is 5.75 Å². The Morgan fingerprint density at radius 3 is 2.31 bits per heavy atom. The minimum atomic E-state index is -4.76. The Morgan fingerprint density at radius 2 is 1.72 bits per heavy atom. The molecular formula is C21H24F3N2O3+. The van der Waals surface area contributed by atoms with Crippen molar-refractivity contribution < 1.29 is 32.3 Å². The molecule has 1 aliphatic rings. The van der Waals surface area contributed by atoms with Crippen LogP contribution in [0, 0.1) is 6.92 Å². The molecule has 2 aromatic carbocycles. The highest BCUT2D eigenvalue weighted by Crippen LogP contribution is 2.23. The van der Waals surface area contributed by atoms with E-state index in [1.165, 1.54) is 17.0 Å². The summed E-state index contributed by atoms with van der Waals surface area (Å²) in [5.41, 5.74) is 2.38. The molecule has 1 amide bonds. The molecule has 3 rings (SSSR count). The van der Waals surface area contributed by atoms with Crippen molar-refractivity contribution in [2.24, 2.45) is 0 Å². The van der Waals surface area contributed by atoms with E-state index in [1.807, 2.05) is 31.2 Å². The molecule has 156 valence electrons. The largest absolute Gasteiger partial charge is 0.573 e. The molecule has 0 unspecified atom stereocenters. The van der Waals surface area contributed by atoms with Crippen molar-refractivity contribution in [1.29, 1.82) is 0 Å². The number of aryl methyl sites for hydroxylation is 1. The molecule has 8 heteroatoms. The molecular weight excluding hydrogens is 385 g/mol. The standard InChI is InChI=1S/C21H23F3N2O3/c1-15-2-4-16(5-3-15)19(14-26-10-12-28-13-11-26)25-20(27)17-6-8-18(9-7-17)29-21(22,23)24/h2-9,19H,10-14H2,1H3,(H,25,27)/p+1/t19-/m1/s1. The number of morpholine rings is 1. The van der Waals surface area contributed by atoms with Crippen LogP contribution in [0.3, 0.4) is 0 Å². The fraction of sp³-hybridized carbons (Fsp3) is 0.381. The van der Waals surface area contributed by atoms with E-state index in [-0.39, 0.29) is 23.3 Å². The third kappa shape index (κ3) is 6.47. The first-order valence-electron chi connectivity index (χ1n) is 9.45. The number of alkyl halides is 3. The normalized spacial score (nSPS) is 16.3. The molecule has 5 nitrogen and oxygen atoms in total. The number of ether oxygens (including phenoxy) is 2. The first kappa shape index (κ1) is 21.1. The summed E-state index contributed by atoms with van der Waals surface area (Å²) in [6.45, 7) is 5.79. The van der Waals surface area contributed by atoms with Gasteiger partial charge in [-0.2, -0.15) is 0 Å². The van der Waals surface area contributed by atoms with Gasteiger partial charge in [0.1, 0.15) is 31.4 Å². The van der Waals surface area contributed by atoms with E-state index >= 15 is 0 Å². The molecule has 2 N–H and O–H groups in total. The zero-order valence-corrected chi connectivity index (χ0v) is 16.1. The Bertz CT molecular complexity index is 801. The maximum Gasteiger partial charge on any atom is 0.573 e. The van der Waals surface area contributed by atoms with Gasteiger partial charge in [0.05, 0.1) is 13.2 Å². The fourth-order valence-corrected chi connectivity index (χ4v) is 3.25. The number of nitrogens with one attached hydrogen (secondary N) is 2. The van der Waals surface area contributed by atoms with Crippen molar-refractivity contribution in [2.45, 2.75) is 19.3 Å². The lowest BCUT2D eigenvalue weighted by atomic mass is 10.0. The molecule has 1 heterocycles. The molecule has 0 spiro atoms. The summed E-state index contributed by atoms with van der Waals surface area (Å²) in [5, 5.41) is 3.02. The number of hydrogen-bond donors (Lipinski definition) is 2. The van der Waals surface area contributed by atoms with Gasteiger partial charge >= 0.3 is 6.36 Å². The summed E-state index contributed by atoms with van der Waals surface area (Å²) in [7, 11) is 0. The highest BCUT2D eigenvalue weighted by Gasteiger charge is 2.31. The smallest absolute Gasteiger partial charge is 0.406 e. The van der Waals surface area contributed by atoms with Crippen LogP contribution in [0.15, 0.2) is 48.5 Å². The number of carbonyl (C=O) groups excluding carboxylic acids is 1. The molecule has 0 aromatic heterocycles. The summed E-state index contributed by atoms with van der Waals surface area (Å²) >= 11 is 0. The Labute approximate surface area is 167 Å². The van der Waals surface area contributed by atoms with Gasteiger partial charge in [-0.3, -0.25) is 4.79 Å².